The normalized spacial score (nSPS) is 11.7. The number of nitrogens with zero attached hydrogens (tertiary/aromatic N) is 1. The number of aryl methyl sites for hydroxylation is 2. The SMILES string of the molecule is Cc1cc(S(=O)(=O)N(C)C)cc(NC(=O)CCc2cccs2)c1C. The molecule has 7 heteroatoms. The summed E-state index contributed by atoms with van der Waals surface area (Å²) in [5.41, 5.74) is 2.25. The van der Waals surface area contributed by atoms with Crippen molar-refractivity contribution in [3.05, 3.63) is 45.6 Å². The number of hydrogen-bond donors (Lipinski definition) is 1. The molecule has 0 saturated carbocycles. The van der Waals surface area contributed by atoms with Crippen LogP contribution >= 0.6 is 11.3 Å². The van der Waals surface area contributed by atoms with Crippen LogP contribution in [0.3, 0.4) is 0 Å². The second-order valence-electron chi connectivity index (χ2n) is 5.83. The molecule has 1 amide bonds. The first-order chi connectivity index (χ1) is 11.2. The van der Waals surface area contributed by atoms with Gasteiger partial charge in [0.15, 0.2) is 0 Å². The number of amides is 1. The molecule has 1 aromatic heterocycles. The van der Waals surface area contributed by atoms with E-state index in [1.165, 1.54) is 24.5 Å². The quantitative estimate of drug-likeness (QED) is 0.854. The number of nitrogens with one attached hydrogen (secondary N) is 1. The van der Waals surface area contributed by atoms with Crippen LogP contribution in [-0.4, -0.2) is 32.7 Å². The molecule has 0 aliphatic rings. The average Bonchev–Trinajstić information content (AvgIpc) is 3.02. The summed E-state index contributed by atoms with van der Waals surface area (Å²) in [7, 11) is -0.559. The molecule has 0 saturated heterocycles. The smallest absolute Gasteiger partial charge is 0.242 e. The van der Waals surface area contributed by atoms with Gasteiger partial charge in [-0.1, -0.05) is 6.07 Å². The topological polar surface area (TPSA) is 66.5 Å². The highest BCUT2D eigenvalue weighted by atomic mass is 32.2. The summed E-state index contributed by atoms with van der Waals surface area (Å²) < 4.78 is 25.8. The monoisotopic (exact) mass is 366 g/mol. The summed E-state index contributed by atoms with van der Waals surface area (Å²) >= 11 is 1.62. The molecule has 0 radical (unpaired) electrons. The van der Waals surface area contributed by atoms with Crippen molar-refractivity contribution in [2.45, 2.75) is 31.6 Å². The minimum atomic E-state index is -3.54. The van der Waals surface area contributed by atoms with Gasteiger partial charge in [0.25, 0.3) is 0 Å². The molecule has 0 aliphatic heterocycles. The zero-order chi connectivity index (χ0) is 17.9. The van der Waals surface area contributed by atoms with Gasteiger partial charge in [-0.2, -0.15) is 0 Å². The lowest BCUT2D eigenvalue weighted by molar-refractivity contribution is -0.116. The van der Waals surface area contributed by atoms with E-state index >= 15 is 0 Å². The van der Waals surface area contributed by atoms with Crippen LogP contribution in [0.4, 0.5) is 5.69 Å². The molecule has 0 bridgehead atoms. The molecule has 0 atom stereocenters. The summed E-state index contributed by atoms with van der Waals surface area (Å²) in [6.07, 6.45) is 1.04. The maximum Gasteiger partial charge on any atom is 0.242 e. The highest BCUT2D eigenvalue weighted by molar-refractivity contribution is 7.89. The van der Waals surface area contributed by atoms with E-state index in [4.69, 9.17) is 0 Å². The van der Waals surface area contributed by atoms with Crippen molar-refractivity contribution in [2.24, 2.45) is 0 Å². The third-order valence-electron chi connectivity index (χ3n) is 3.87. The van der Waals surface area contributed by atoms with Gasteiger partial charge in [0.1, 0.15) is 0 Å². The molecular formula is C17H22N2O3S2. The van der Waals surface area contributed by atoms with Crippen molar-refractivity contribution >= 4 is 33.0 Å². The van der Waals surface area contributed by atoms with Gasteiger partial charge in [-0.05, 0) is 55.0 Å². The number of carbonyl (C=O) groups is 1. The van der Waals surface area contributed by atoms with Crippen LogP contribution in [-0.2, 0) is 21.2 Å². The van der Waals surface area contributed by atoms with E-state index in [-0.39, 0.29) is 10.8 Å². The van der Waals surface area contributed by atoms with Crippen LogP contribution in [0.25, 0.3) is 0 Å². The molecule has 0 aliphatic carbocycles. The van der Waals surface area contributed by atoms with E-state index in [0.29, 0.717) is 18.5 Å². The number of carbonyl (C=O) groups excluding carboxylic acids is 1. The Morgan fingerprint density at radius 1 is 1.25 bits per heavy atom. The number of anilines is 1. The molecule has 130 valence electrons. The first kappa shape index (κ1) is 18.6. The van der Waals surface area contributed by atoms with Crippen LogP contribution in [0.5, 0.6) is 0 Å². The number of thiophene rings is 1. The predicted octanol–water partition coefficient (Wildman–Crippen LogP) is 3.19. The average molecular weight is 367 g/mol. The number of benzene rings is 1. The largest absolute Gasteiger partial charge is 0.326 e. The summed E-state index contributed by atoms with van der Waals surface area (Å²) in [6, 6.07) is 7.12. The highest BCUT2D eigenvalue weighted by Crippen LogP contribution is 2.25. The number of sulfonamides is 1. The van der Waals surface area contributed by atoms with Crippen LogP contribution in [0.1, 0.15) is 22.4 Å². The van der Waals surface area contributed by atoms with Crippen LogP contribution in [0, 0.1) is 13.8 Å². The zero-order valence-electron chi connectivity index (χ0n) is 14.3. The second kappa shape index (κ2) is 7.46. The van der Waals surface area contributed by atoms with Gasteiger partial charge in [-0.15, -0.1) is 11.3 Å². The summed E-state index contributed by atoms with van der Waals surface area (Å²) in [6.45, 7) is 3.71. The third kappa shape index (κ3) is 4.23. The minimum Gasteiger partial charge on any atom is -0.326 e. The molecule has 24 heavy (non-hydrogen) atoms. The van der Waals surface area contributed by atoms with Crippen molar-refractivity contribution in [2.75, 3.05) is 19.4 Å². The summed E-state index contributed by atoms with van der Waals surface area (Å²) in [5, 5.41) is 4.83. The lowest BCUT2D eigenvalue weighted by atomic mass is 10.1. The van der Waals surface area contributed by atoms with Crippen molar-refractivity contribution in [3.63, 3.8) is 0 Å². The van der Waals surface area contributed by atoms with Gasteiger partial charge in [-0.25, -0.2) is 12.7 Å². The Morgan fingerprint density at radius 3 is 2.54 bits per heavy atom. The predicted molar refractivity (Wildman–Crippen MR) is 98.1 cm³/mol. The van der Waals surface area contributed by atoms with E-state index in [0.717, 1.165) is 16.0 Å². The molecule has 0 unspecified atom stereocenters. The van der Waals surface area contributed by atoms with Gasteiger partial charge in [-0.3, -0.25) is 4.79 Å². The van der Waals surface area contributed by atoms with Crippen molar-refractivity contribution < 1.29 is 13.2 Å². The second-order valence-corrected chi connectivity index (χ2v) is 9.01. The number of rotatable bonds is 6. The van der Waals surface area contributed by atoms with E-state index in [9.17, 15) is 13.2 Å². The lowest BCUT2D eigenvalue weighted by Gasteiger charge is -2.16. The van der Waals surface area contributed by atoms with Gasteiger partial charge in [0.2, 0.25) is 15.9 Å². The Labute approximate surface area is 147 Å². The fourth-order valence-corrected chi connectivity index (χ4v) is 3.94. The van der Waals surface area contributed by atoms with Crippen molar-refractivity contribution in [1.29, 1.82) is 0 Å². The van der Waals surface area contributed by atoms with Gasteiger partial charge >= 0.3 is 0 Å². The van der Waals surface area contributed by atoms with Crippen molar-refractivity contribution in [1.82, 2.24) is 4.31 Å². The van der Waals surface area contributed by atoms with E-state index in [2.05, 4.69) is 5.32 Å². The molecule has 1 heterocycles. The molecule has 5 nitrogen and oxygen atoms in total. The fourth-order valence-electron chi connectivity index (χ4n) is 2.22. The number of hydrogen-bond acceptors (Lipinski definition) is 4. The Hall–Kier alpha value is -1.70. The Morgan fingerprint density at radius 2 is 1.96 bits per heavy atom. The van der Waals surface area contributed by atoms with Gasteiger partial charge in [0.05, 0.1) is 4.90 Å². The first-order valence-corrected chi connectivity index (χ1v) is 9.90. The standard InChI is InChI=1S/C17H22N2O3S2/c1-12-10-15(24(21,22)19(3)4)11-16(13(12)2)18-17(20)8-7-14-6-5-9-23-14/h5-6,9-11H,7-8H2,1-4H3,(H,18,20). The Kier molecular flexibility index (Phi) is 5.79. The molecule has 2 rings (SSSR count). The van der Waals surface area contributed by atoms with Crippen LogP contribution in [0.15, 0.2) is 34.5 Å². The van der Waals surface area contributed by atoms with Crippen LogP contribution in [0.2, 0.25) is 0 Å². The van der Waals surface area contributed by atoms with Gasteiger partial charge < -0.3 is 5.32 Å². The lowest BCUT2D eigenvalue weighted by Crippen LogP contribution is -2.23. The molecular weight excluding hydrogens is 344 g/mol. The van der Waals surface area contributed by atoms with E-state index in [1.807, 2.05) is 31.4 Å². The molecule has 1 N–H and O–H groups in total. The first-order valence-electron chi connectivity index (χ1n) is 7.58. The van der Waals surface area contributed by atoms with E-state index in [1.54, 1.807) is 17.4 Å². The summed E-state index contributed by atoms with van der Waals surface area (Å²) in [5.74, 6) is -0.120. The molecule has 1 aromatic carbocycles. The van der Waals surface area contributed by atoms with Gasteiger partial charge in [0, 0.05) is 31.1 Å². The third-order valence-corrected chi connectivity index (χ3v) is 6.60. The molecule has 2 aromatic rings. The Balaban J connectivity index is 2.20. The van der Waals surface area contributed by atoms with Crippen molar-refractivity contribution in [3.8, 4) is 0 Å². The molecule has 0 fully saturated rings. The van der Waals surface area contributed by atoms with E-state index < -0.39 is 10.0 Å². The highest BCUT2D eigenvalue weighted by Gasteiger charge is 2.20. The minimum absolute atomic E-state index is 0.120. The maximum atomic E-state index is 12.3. The molecule has 0 spiro atoms. The summed E-state index contributed by atoms with van der Waals surface area (Å²) in [4.78, 5) is 13.5. The fraction of sp³-hybridized carbons (Fsp3) is 0.353. The Bertz CT molecular complexity index is 826. The van der Waals surface area contributed by atoms with Crippen LogP contribution < -0.4 is 5.32 Å². The zero-order valence-corrected chi connectivity index (χ0v) is 15.9. The maximum absolute atomic E-state index is 12.3.